The maximum Gasteiger partial charge on any atom is 0.150 e. The van der Waals surface area contributed by atoms with Crippen molar-refractivity contribution in [2.24, 2.45) is 0 Å². The van der Waals surface area contributed by atoms with E-state index < -0.39 is 0 Å². The van der Waals surface area contributed by atoms with Gasteiger partial charge in [-0.1, -0.05) is 30.0 Å². The molecule has 0 saturated carbocycles. The number of benzene rings is 1. The fraction of sp³-hybridized carbons (Fsp3) is 0.400. The smallest absolute Gasteiger partial charge is 0.150 e. The summed E-state index contributed by atoms with van der Waals surface area (Å²) in [5.41, 5.74) is 5.17. The Morgan fingerprint density at radius 1 is 1.26 bits per heavy atom. The molecule has 0 saturated heterocycles. The van der Waals surface area contributed by atoms with Crippen LogP contribution in [0, 0.1) is 20.8 Å². The predicted octanol–water partition coefficient (Wildman–Crippen LogP) is 4.12. The maximum atomic E-state index is 4.50. The summed E-state index contributed by atoms with van der Waals surface area (Å²) < 4.78 is 1.15. The number of hydrogen-bond acceptors (Lipinski definition) is 4. The van der Waals surface area contributed by atoms with Gasteiger partial charge in [-0.3, -0.25) is 0 Å². The van der Waals surface area contributed by atoms with Crippen LogP contribution in [0.3, 0.4) is 0 Å². The van der Waals surface area contributed by atoms with Gasteiger partial charge in [0.1, 0.15) is 4.34 Å². The largest absolute Gasteiger partial charge is 0.312 e. The van der Waals surface area contributed by atoms with Gasteiger partial charge in [-0.2, -0.15) is 0 Å². The summed E-state index contributed by atoms with van der Waals surface area (Å²) in [5.74, 6) is 1.01. The Hall–Kier alpha value is -0.840. The third-order valence-electron chi connectivity index (χ3n) is 3.25. The van der Waals surface area contributed by atoms with Gasteiger partial charge in [-0.25, -0.2) is 4.98 Å². The normalized spacial score (nSPS) is 12.6. The van der Waals surface area contributed by atoms with Gasteiger partial charge in [0.25, 0.3) is 0 Å². The highest BCUT2D eigenvalue weighted by atomic mass is 32.2. The Kier molecular flexibility index (Phi) is 5.02. The molecule has 4 heteroatoms. The molecule has 1 N–H and O–H groups in total. The highest BCUT2D eigenvalue weighted by molar-refractivity contribution is 8.01. The van der Waals surface area contributed by atoms with E-state index in [0.29, 0.717) is 6.04 Å². The molecule has 1 atom stereocenters. The van der Waals surface area contributed by atoms with Crippen LogP contribution in [-0.2, 0) is 0 Å². The summed E-state index contributed by atoms with van der Waals surface area (Å²) in [4.78, 5) is 4.50. The minimum absolute atomic E-state index is 0.369. The molecule has 0 amide bonds. The quantitative estimate of drug-likeness (QED) is 0.839. The molecule has 1 unspecified atom stereocenters. The summed E-state index contributed by atoms with van der Waals surface area (Å²) in [6.07, 6.45) is 0. The first-order valence-electron chi connectivity index (χ1n) is 6.39. The zero-order valence-electron chi connectivity index (χ0n) is 11.9. The van der Waals surface area contributed by atoms with E-state index in [9.17, 15) is 0 Å². The number of rotatable bonds is 5. The first kappa shape index (κ1) is 14.6. The lowest BCUT2D eigenvalue weighted by Crippen LogP contribution is -2.18. The van der Waals surface area contributed by atoms with E-state index in [-0.39, 0.29) is 0 Å². The van der Waals surface area contributed by atoms with Gasteiger partial charge in [0, 0.05) is 22.9 Å². The number of thiazole rings is 1. The summed E-state index contributed by atoms with van der Waals surface area (Å²) >= 11 is 3.55. The summed E-state index contributed by atoms with van der Waals surface area (Å²) in [7, 11) is 2.02. The van der Waals surface area contributed by atoms with Crippen molar-refractivity contribution in [1.82, 2.24) is 10.3 Å². The highest BCUT2D eigenvalue weighted by Crippen LogP contribution is 2.27. The zero-order valence-corrected chi connectivity index (χ0v) is 13.5. The fourth-order valence-corrected chi connectivity index (χ4v) is 3.90. The molecule has 1 aromatic heterocycles. The summed E-state index contributed by atoms with van der Waals surface area (Å²) in [5, 5.41) is 5.50. The Morgan fingerprint density at radius 3 is 2.63 bits per heavy atom. The number of aryl methyl sites for hydroxylation is 3. The van der Waals surface area contributed by atoms with Crippen LogP contribution in [0.25, 0.3) is 0 Å². The van der Waals surface area contributed by atoms with E-state index in [4.69, 9.17) is 0 Å². The van der Waals surface area contributed by atoms with Crippen LogP contribution in [0.5, 0.6) is 0 Å². The van der Waals surface area contributed by atoms with Crippen molar-refractivity contribution in [3.05, 3.63) is 46.0 Å². The number of hydrogen-bond donors (Lipinski definition) is 1. The third kappa shape index (κ3) is 3.81. The molecule has 0 bridgehead atoms. The minimum Gasteiger partial charge on any atom is -0.312 e. The molecule has 0 aliphatic heterocycles. The first-order chi connectivity index (χ1) is 9.10. The molecule has 0 radical (unpaired) electrons. The van der Waals surface area contributed by atoms with Gasteiger partial charge >= 0.3 is 0 Å². The molecule has 0 spiro atoms. The topological polar surface area (TPSA) is 24.9 Å². The molecule has 1 aromatic carbocycles. The predicted molar refractivity (Wildman–Crippen MR) is 85.3 cm³/mol. The minimum atomic E-state index is 0.369. The average Bonchev–Trinajstić information content (AvgIpc) is 2.80. The van der Waals surface area contributed by atoms with Crippen LogP contribution in [0.4, 0.5) is 0 Å². The second kappa shape index (κ2) is 6.55. The summed E-state index contributed by atoms with van der Waals surface area (Å²) in [6, 6.07) is 7.07. The van der Waals surface area contributed by atoms with Crippen molar-refractivity contribution >= 4 is 23.1 Å². The second-order valence-corrected chi connectivity index (χ2v) is 6.88. The summed E-state index contributed by atoms with van der Waals surface area (Å²) in [6.45, 7) is 6.36. The van der Waals surface area contributed by atoms with Gasteiger partial charge in [-0.05, 0) is 44.5 Å². The van der Waals surface area contributed by atoms with Crippen LogP contribution >= 0.6 is 23.1 Å². The molecule has 0 fully saturated rings. The number of thioether (sulfide) groups is 1. The van der Waals surface area contributed by atoms with Crippen LogP contribution in [0.2, 0.25) is 0 Å². The monoisotopic (exact) mass is 292 g/mol. The highest BCUT2D eigenvalue weighted by Gasteiger charge is 2.11. The van der Waals surface area contributed by atoms with Crippen molar-refractivity contribution < 1.29 is 0 Å². The van der Waals surface area contributed by atoms with Crippen molar-refractivity contribution in [3.8, 4) is 0 Å². The van der Waals surface area contributed by atoms with Crippen LogP contribution < -0.4 is 5.32 Å². The zero-order chi connectivity index (χ0) is 13.8. The van der Waals surface area contributed by atoms with Gasteiger partial charge in [0.15, 0.2) is 0 Å². The standard InChI is InChI=1S/C15H20N2S2/c1-10-5-6-13(7-11(10)2)14(16-4)9-19-15-17-12(3)8-18-15/h5-8,14,16H,9H2,1-4H3. The Labute approximate surface area is 123 Å². The van der Waals surface area contributed by atoms with E-state index >= 15 is 0 Å². The number of aromatic nitrogens is 1. The van der Waals surface area contributed by atoms with Crippen molar-refractivity contribution in [2.45, 2.75) is 31.2 Å². The lowest BCUT2D eigenvalue weighted by Gasteiger charge is -2.17. The molecule has 0 aliphatic rings. The van der Waals surface area contributed by atoms with Crippen molar-refractivity contribution in [2.75, 3.05) is 12.8 Å². The number of nitrogens with one attached hydrogen (secondary N) is 1. The van der Waals surface area contributed by atoms with E-state index in [2.05, 4.69) is 47.7 Å². The van der Waals surface area contributed by atoms with Crippen molar-refractivity contribution in [1.29, 1.82) is 0 Å². The van der Waals surface area contributed by atoms with E-state index in [0.717, 1.165) is 15.8 Å². The van der Waals surface area contributed by atoms with Gasteiger partial charge < -0.3 is 5.32 Å². The van der Waals surface area contributed by atoms with Gasteiger partial charge in [-0.15, -0.1) is 11.3 Å². The van der Waals surface area contributed by atoms with E-state index in [1.165, 1.54) is 16.7 Å². The lowest BCUT2D eigenvalue weighted by molar-refractivity contribution is 0.661. The van der Waals surface area contributed by atoms with Crippen LogP contribution in [-0.4, -0.2) is 17.8 Å². The average molecular weight is 292 g/mol. The third-order valence-corrected chi connectivity index (χ3v) is 5.49. The van der Waals surface area contributed by atoms with Crippen molar-refractivity contribution in [3.63, 3.8) is 0 Å². The van der Waals surface area contributed by atoms with E-state index in [1.807, 2.05) is 25.7 Å². The lowest BCUT2D eigenvalue weighted by atomic mass is 10.0. The SMILES string of the molecule is CNC(CSc1nc(C)cs1)c1ccc(C)c(C)c1. The molecule has 1 heterocycles. The Morgan fingerprint density at radius 2 is 2.05 bits per heavy atom. The Bertz CT molecular complexity index is 549. The molecule has 2 rings (SSSR count). The fourth-order valence-electron chi connectivity index (χ4n) is 1.88. The van der Waals surface area contributed by atoms with Crippen LogP contribution in [0.15, 0.2) is 27.9 Å². The number of nitrogens with zero attached hydrogens (tertiary/aromatic N) is 1. The second-order valence-electron chi connectivity index (χ2n) is 4.75. The van der Waals surface area contributed by atoms with Gasteiger partial charge in [0.2, 0.25) is 0 Å². The Balaban J connectivity index is 2.05. The molecule has 2 aromatic rings. The van der Waals surface area contributed by atoms with Gasteiger partial charge in [0.05, 0.1) is 0 Å². The van der Waals surface area contributed by atoms with Crippen LogP contribution in [0.1, 0.15) is 28.4 Å². The molecular weight excluding hydrogens is 272 g/mol. The first-order valence-corrected chi connectivity index (χ1v) is 8.26. The molecular formula is C15H20N2S2. The molecule has 102 valence electrons. The molecule has 0 aliphatic carbocycles. The molecule has 2 nitrogen and oxygen atoms in total. The molecule has 19 heavy (non-hydrogen) atoms. The maximum absolute atomic E-state index is 4.50. The van der Waals surface area contributed by atoms with E-state index in [1.54, 1.807) is 11.3 Å².